The molecule has 96 valence electrons. The van der Waals surface area contributed by atoms with E-state index in [4.69, 9.17) is 5.84 Å². The lowest BCUT2D eigenvalue weighted by Gasteiger charge is -2.18. The van der Waals surface area contributed by atoms with E-state index >= 15 is 0 Å². The van der Waals surface area contributed by atoms with Crippen LogP contribution in [0.4, 0.5) is 0 Å². The van der Waals surface area contributed by atoms with Crippen LogP contribution in [0.5, 0.6) is 0 Å². The van der Waals surface area contributed by atoms with Crippen molar-refractivity contribution < 1.29 is 0 Å². The maximum Gasteiger partial charge on any atom is 0.0522 e. The zero-order valence-electron chi connectivity index (χ0n) is 10.9. The summed E-state index contributed by atoms with van der Waals surface area (Å²) in [4.78, 5) is 0. The van der Waals surface area contributed by atoms with Crippen LogP contribution in [-0.4, -0.2) is 9.78 Å². The number of aryl methyl sites for hydroxylation is 2. The summed E-state index contributed by atoms with van der Waals surface area (Å²) in [5, 5.41) is 4.19. The van der Waals surface area contributed by atoms with Crippen LogP contribution < -0.4 is 11.3 Å². The summed E-state index contributed by atoms with van der Waals surface area (Å²) in [5.74, 6) is 5.71. The number of rotatable bonds is 5. The third-order valence-electron chi connectivity index (χ3n) is 3.21. The Balaban J connectivity index is 2.22. The molecular weight excluding hydrogens is 224 g/mol. The number of hydrazine groups is 1. The standard InChI is InChI=1S/C14H20N4/c1-3-12-6-4-5-7-13(12)14(17-15)8-11-9-16-18(2)10-11/h4-7,9-10,14,17H,3,8,15H2,1-2H3. The summed E-state index contributed by atoms with van der Waals surface area (Å²) in [5.41, 5.74) is 6.71. The molecule has 2 aromatic rings. The Bertz CT molecular complexity index is 504. The van der Waals surface area contributed by atoms with E-state index in [0.717, 1.165) is 12.8 Å². The van der Waals surface area contributed by atoms with Gasteiger partial charge in [-0.15, -0.1) is 0 Å². The van der Waals surface area contributed by atoms with Crippen LogP contribution in [0.2, 0.25) is 0 Å². The molecule has 0 bridgehead atoms. The second kappa shape index (κ2) is 5.80. The Morgan fingerprint density at radius 3 is 2.78 bits per heavy atom. The Labute approximate surface area is 108 Å². The normalized spacial score (nSPS) is 12.6. The second-order valence-electron chi connectivity index (χ2n) is 4.50. The monoisotopic (exact) mass is 244 g/mol. The van der Waals surface area contributed by atoms with Gasteiger partial charge in [-0.05, 0) is 29.5 Å². The summed E-state index contributed by atoms with van der Waals surface area (Å²) in [7, 11) is 1.92. The molecule has 1 aromatic carbocycles. The average molecular weight is 244 g/mol. The highest BCUT2D eigenvalue weighted by molar-refractivity contribution is 5.31. The minimum atomic E-state index is 0.130. The molecule has 0 aliphatic rings. The van der Waals surface area contributed by atoms with Crippen LogP contribution in [0.25, 0.3) is 0 Å². The first-order valence-electron chi connectivity index (χ1n) is 6.26. The van der Waals surface area contributed by atoms with E-state index in [1.165, 1.54) is 16.7 Å². The third-order valence-corrected chi connectivity index (χ3v) is 3.21. The van der Waals surface area contributed by atoms with Gasteiger partial charge >= 0.3 is 0 Å². The number of benzene rings is 1. The van der Waals surface area contributed by atoms with Crippen LogP contribution in [0.15, 0.2) is 36.7 Å². The van der Waals surface area contributed by atoms with Gasteiger partial charge in [-0.1, -0.05) is 31.2 Å². The number of nitrogens with one attached hydrogen (secondary N) is 1. The zero-order valence-corrected chi connectivity index (χ0v) is 10.9. The Hall–Kier alpha value is -1.65. The van der Waals surface area contributed by atoms with Gasteiger partial charge in [0.2, 0.25) is 0 Å². The molecule has 0 fully saturated rings. The molecule has 1 unspecified atom stereocenters. The van der Waals surface area contributed by atoms with Crippen LogP contribution in [0.1, 0.15) is 29.7 Å². The van der Waals surface area contributed by atoms with Gasteiger partial charge in [0, 0.05) is 13.2 Å². The van der Waals surface area contributed by atoms with Gasteiger partial charge in [0.1, 0.15) is 0 Å². The molecule has 0 radical (unpaired) electrons. The van der Waals surface area contributed by atoms with Crippen LogP contribution >= 0.6 is 0 Å². The molecule has 1 atom stereocenters. The minimum absolute atomic E-state index is 0.130. The van der Waals surface area contributed by atoms with Crippen molar-refractivity contribution in [3.63, 3.8) is 0 Å². The molecule has 18 heavy (non-hydrogen) atoms. The second-order valence-corrected chi connectivity index (χ2v) is 4.50. The molecule has 2 rings (SSSR count). The minimum Gasteiger partial charge on any atom is -0.276 e. The molecule has 0 aliphatic carbocycles. The predicted octanol–water partition coefficient (Wildman–Crippen LogP) is 1.73. The Morgan fingerprint density at radius 1 is 1.39 bits per heavy atom. The van der Waals surface area contributed by atoms with Gasteiger partial charge < -0.3 is 0 Å². The first kappa shape index (κ1) is 12.8. The predicted molar refractivity (Wildman–Crippen MR) is 72.8 cm³/mol. The highest BCUT2D eigenvalue weighted by Crippen LogP contribution is 2.21. The van der Waals surface area contributed by atoms with Crippen LogP contribution in [0.3, 0.4) is 0 Å². The fourth-order valence-electron chi connectivity index (χ4n) is 2.27. The highest BCUT2D eigenvalue weighted by Gasteiger charge is 2.14. The molecule has 1 aromatic heterocycles. The van der Waals surface area contributed by atoms with E-state index in [1.54, 1.807) is 0 Å². The van der Waals surface area contributed by atoms with Crippen molar-refractivity contribution in [3.05, 3.63) is 53.3 Å². The molecule has 4 nitrogen and oxygen atoms in total. The van der Waals surface area contributed by atoms with E-state index in [9.17, 15) is 0 Å². The van der Waals surface area contributed by atoms with Gasteiger partial charge in [-0.3, -0.25) is 16.0 Å². The Morgan fingerprint density at radius 2 is 2.17 bits per heavy atom. The summed E-state index contributed by atoms with van der Waals surface area (Å²) in [6.07, 6.45) is 5.78. The SMILES string of the molecule is CCc1ccccc1C(Cc1cnn(C)c1)NN. The van der Waals surface area contributed by atoms with Gasteiger partial charge in [-0.25, -0.2) is 0 Å². The molecule has 0 saturated carbocycles. The molecule has 0 aliphatic heterocycles. The van der Waals surface area contributed by atoms with E-state index < -0.39 is 0 Å². The summed E-state index contributed by atoms with van der Waals surface area (Å²) >= 11 is 0. The largest absolute Gasteiger partial charge is 0.276 e. The molecule has 0 saturated heterocycles. The molecule has 3 N–H and O–H groups in total. The smallest absolute Gasteiger partial charge is 0.0522 e. The number of hydrogen-bond donors (Lipinski definition) is 2. The number of hydrogen-bond acceptors (Lipinski definition) is 3. The molecule has 4 heteroatoms. The number of aromatic nitrogens is 2. The average Bonchev–Trinajstić information content (AvgIpc) is 2.81. The fraction of sp³-hybridized carbons (Fsp3) is 0.357. The van der Waals surface area contributed by atoms with Crippen molar-refractivity contribution in [2.75, 3.05) is 0 Å². The van der Waals surface area contributed by atoms with Gasteiger partial charge in [0.25, 0.3) is 0 Å². The molecule has 0 spiro atoms. The zero-order chi connectivity index (χ0) is 13.0. The quantitative estimate of drug-likeness (QED) is 0.622. The third kappa shape index (κ3) is 2.78. The maximum atomic E-state index is 5.71. The van der Waals surface area contributed by atoms with Gasteiger partial charge in [-0.2, -0.15) is 5.10 Å². The lowest BCUT2D eigenvalue weighted by Crippen LogP contribution is -2.30. The van der Waals surface area contributed by atoms with E-state index in [-0.39, 0.29) is 6.04 Å². The van der Waals surface area contributed by atoms with E-state index in [2.05, 4.69) is 41.7 Å². The van der Waals surface area contributed by atoms with Gasteiger partial charge in [0.05, 0.1) is 12.2 Å². The molecule has 0 amide bonds. The van der Waals surface area contributed by atoms with E-state index in [0.29, 0.717) is 0 Å². The van der Waals surface area contributed by atoms with Crippen molar-refractivity contribution in [1.29, 1.82) is 0 Å². The number of nitrogens with two attached hydrogens (primary N) is 1. The number of nitrogens with zero attached hydrogens (tertiary/aromatic N) is 2. The van der Waals surface area contributed by atoms with Gasteiger partial charge in [0.15, 0.2) is 0 Å². The lowest BCUT2D eigenvalue weighted by atomic mass is 9.95. The first-order valence-corrected chi connectivity index (χ1v) is 6.26. The summed E-state index contributed by atoms with van der Waals surface area (Å²) < 4.78 is 1.81. The molecular formula is C14H20N4. The summed E-state index contributed by atoms with van der Waals surface area (Å²) in [6, 6.07) is 8.55. The van der Waals surface area contributed by atoms with Crippen molar-refractivity contribution in [1.82, 2.24) is 15.2 Å². The van der Waals surface area contributed by atoms with Crippen molar-refractivity contribution >= 4 is 0 Å². The highest BCUT2D eigenvalue weighted by atomic mass is 15.2. The summed E-state index contributed by atoms with van der Waals surface area (Å²) in [6.45, 7) is 2.16. The molecule has 1 heterocycles. The lowest BCUT2D eigenvalue weighted by molar-refractivity contribution is 0.547. The van der Waals surface area contributed by atoms with Crippen LogP contribution in [0, 0.1) is 0 Å². The van der Waals surface area contributed by atoms with Crippen molar-refractivity contribution in [3.8, 4) is 0 Å². The fourth-order valence-corrected chi connectivity index (χ4v) is 2.27. The van der Waals surface area contributed by atoms with Crippen molar-refractivity contribution in [2.45, 2.75) is 25.8 Å². The topological polar surface area (TPSA) is 55.9 Å². The van der Waals surface area contributed by atoms with E-state index in [1.807, 2.05) is 24.1 Å². The maximum absolute atomic E-state index is 5.71. The first-order chi connectivity index (χ1) is 8.74. The van der Waals surface area contributed by atoms with Crippen molar-refractivity contribution in [2.24, 2.45) is 12.9 Å². The van der Waals surface area contributed by atoms with Crippen LogP contribution in [-0.2, 0) is 19.9 Å². The Kier molecular flexibility index (Phi) is 4.12.